The number of hydrogen-bond donors (Lipinski definition) is 1. The summed E-state index contributed by atoms with van der Waals surface area (Å²) in [4.78, 5) is 0.667. The molecule has 0 bridgehead atoms. The predicted octanol–water partition coefficient (Wildman–Crippen LogP) is 3.98. The highest BCUT2D eigenvalue weighted by molar-refractivity contribution is 7.80. The van der Waals surface area contributed by atoms with Crippen LogP contribution in [0.2, 0.25) is 0 Å². The number of ether oxygens (including phenoxy) is 1. The highest BCUT2D eigenvalue weighted by Gasteiger charge is 2.34. The van der Waals surface area contributed by atoms with Crippen LogP contribution in [0.4, 0.5) is 13.2 Å². The van der Waals surface area contributed by atoms with Gasteiger partial charge in [-0.15, -0.1) is 11.3 Å². The van der Waals surface area contributed by atoms with Crippen molar-refractivity contribution in [3.63, 3.8) is 0 Å². The van der Waals surface area contributed by atoms with E-state index in [2.05, 4.69) is 12.2 Å². The Morgan fingerprint density at radius 1 is 1.30 bits per heavy atom. The number of nitrogens with two attached hydrogens (primary N) is 1. The van der Waals surface area contributed by atoms with Crippen LogP contribution < -0.4 is 10.5 Å². The third kappa shape index (κ3) is 3.49. The van der Waals surface area contributed by atoms with E-state index in [-0.39, 0.29) is 10.6 Å². The molecule has 0 spiro atoms. The Labute approximate surface area is 123 Å². The van der Waals surface area contributed by atoms with E-state index in [1.807, 2.05) is 17.5 Å². The molecule has 106 valence electrons. The van der Waals surface area contributed by atoms with Crippen LogP contribution >= 0.6 is 23.6 Å². The molecule has 0 fully saturated rings. The largest absolute Gasteiger partial charge is 0.488 e. The lowest BCUT2D eigenvalue weighted by Crippen LogP contribution is -2.18. The molecule has 2 N–H and O–H groups in total. The third-order valence-electron chi connectivity index (χ3n) is 2.52. The summed E-state index contributed by atoms with van der Waals surface area (Å²) in [5, 5.41) is 1.89. The van der Waals surface area contributed by atoms with Gasteiger partial charge in [0, 0.05) is 10.4 Å². The molecule has 2 nitrogen and oxygen atoms in total. The molecule has 0 aliphatic carbocycles. The molecule has 0 amide bonds. The van der Waals surface area contributed by atoms with Crippen LogP contribution in [0.5, 0.6) is 5.75 Å². The fourth-order valence-electron chi connectivity index (χ4n) is 1.61. The Balaban J connectivity index is 2.24. The summed E-state index contributed by atoms with van der Waals surface area (Å²) in [6.45, 7) is 0.291. The van der Waals surface area contributed by atoms with Crippen LogP contribution in [-0.2, 0) is 12.8 Å². The SMILES string of the molecule is NC(=S)c1cc(OCc2cccs2)ccc1C(F)(F)F. The minimum atomic E-state index is -4.49. The first-order valence-electron chi connectivity index (χ1n) is 5.54. The molecule has 0 aliphatic heterocycles. The van der Waals surface area contributed by atoms with E-state index >= 15 is 0 Å². The number of thiophene rings is 1. The van der Waals surface area contributed by atoms with Gasteiger partial charge in [-0.1, -0.05) is 18.3 Å². The highest BCUT2D eigenvalue weighted by atomic mass is 32.1. The van der Waals surface area contributed by atoms with E-state index in [4.69, 9.17) is 10.5 Å². The summed E-state index contributed by atoms with van der Waals surface area (Å²) in [6, 6.07) is 7.16. The van der Waals surface area contributed by atoms with Crippen LogP contribution in [0.15, 0.2) is 35.7 Å². The summed E-state index contributed by atoms with van der Waals surface area (Å²) < 4.78 is 43.8. The maximum absolute atomic E-state index is 12.8. The summed E-state index contributed by atoms with van der Waals surface area (Å²) >= 11 is 6.17. The molecule has 7 heteroatoms. The Hall–Kier alpha value is -1.60. The van der Waals surface area contributed by atoms with Crippen molar-refractivity contribution in [1.29, 1.82) is 0 Å². The van der Waals surface area contributed by atoms with Crippen molar-refractivity contribution < 1.29 is 17.9 Å². The molecule has 0 atom stereocenters. The fourth-order valence-corrected chi connectivity index (χ4v) is 2.40. The van der Waals surface area contributed by atoms with Gasteiger partial charge < -0.3 is 10.5 Å². The molecule has 0 unspecified atom stereocenters. The van der Waals surface area contributed by atoms with Crippen molar-refractivity contribution in [3.05, 3.63) is 51.7 Å². The van der Waals surface area contributed by atoms with Gasteiger partial charge in [0.05, 0.1) is 5.56 Å². The maximum atomic E-state index is 12.8. The zero-order valence-electron chi connectivity index (χ0n) is 10.1. The lowest BCUT2D eigenvalue weighted by Gasteiger charge is -2.13. The van der Waals surface area contributed by atoms with Crippen LogP contribution in [0.1, 0.15) is 16.0 Å². The van der Waals surface area contributed by atoms with Gasteiger partial charge in [-0.05, 0) is 29.6 Å². The van der Waals surface area contributed by atoms with Gasteiger partial charge >= 0.3 is 6.18 Å². The van der Waals surface area contributed by atoms with Crippen molar-refractivity contribution in [1.82, 2.24) is 0 Å². The summed E-state index contributed by atoms with van der Waals surface area (Å²) in [5.41, 5.74) is 4.27. The molecule has 0 saturated carbocycles. The zero-order chi connectivity index (χ0) is 14.8. The molecular formula is C13H10F3NOS2. The minimum Gasteiger partial charge on any atom is -0.488 e. The standard InChI is InChI=1S/C13H10F3NOS2/c14-13(15,16)11-4-3-8(6-10(11)12(17)19)18-7-9-2-1-5-20-9/h1-6H,7H2,(H2,17,19). The number of halogens is 3. The molecule has 20 heavy (non-hydrogen) atoms. The number of alkyl halides is 3. The number of benzene rings is 1. The molecule has 2 rings (SSSR count). The van der Waals surface area contributed by atoms with E-state index in [0.29, 0.717) is 12.4 Å². The van der Waals surface area contributed by atoms with Gasteiger partial charge in [-0.25, -0.2) is 0 Å². The van der Waals surface area contributed by atoms with E-state index in [1.165, 1.54) is 23.5 Å². The van der Waals surface area contributed by atoms with Crippen LogP contribution in [0.3, 0.4) is 0 Å². The molecule has 1 aromatic heterocycles. The van der Waals surface area contributed by atoms with E-state index < -0.39 is 11.7 Å². The topological polar surface area (TPSA) is 35.2 Å². The monoisotopic (exact) mass is 317 g/mol. The first-order valence-corrected chi connectivity index (χ1v) is 6.83. The highest BCUT2D eigenvalue weighted by Crippen LogP contribution is 2.34. The van der Waals surface area contributed by atoms with E-state index in [9.17, 15) is 13.2 Å². The van der Waals surface area contributed by atoms with Crippen molar-refractivity contribution >= 4 is 28.5 Å². The van der Waals surface area contributed by atoms with Crippen molar-refractivity contribution in [2.75, 3.05) is 0 Å². The molecule has 1 heterocycles. The number of rotatable bonds is 4. The van der Waals surface area contributed by atoms with Gasteiger partial charge in [0.15, 0.2) is 0 Å². The number of thiocarbonyl (C=S) groups is 1. The summed E-state index contributed by atoms with van der Waals surface area (Å²) in [7, 11) is 0. The average Bonchev–Trinajstić information content (AvgIpc) is 2.88. The normalized spacial score (nSPS) is 11.3. The smallest absolute Gasteiger partial charge is 0.417 e. The van der Waals surface area contributed by atoms with Gasteiger partial charge in [0.2, 0.25) is 0 Å². The molecule has 2 aromatic rings. The molecule has 0 aliphatic rings. The number of hydrogen-bond acceptors (Lipinski definition) is 3. The Morgan fingerprint density at radius 3 is 2.60 bits per heavy atom. The quantitative estimate of drug-likeness (QED) is 0.866. The molecule has 0 saturated heterocycles. The molecule has 0 radical (unpaired) electrons. The molecule has 1 aromatic carbocycles. The lowest BCUT2D eigenvalue weighted by atomic mass is 10.1. The minimum absolute atomic E-state index is 0.226. The van der Waals surface area contributed by atoms with Gasteiger partial charge in [-0.2, -0.15) is 13.2 Å². The van der Waals surface area contributed by atoms with Crippen LogP contribution in [-0.4, -0.2) is 4.99 Å². The van der Waals surface area contributed by atoms with Gasteiger partial charge in [-0.3, -0.25) is 0 Å². The van der Waals surface area contributed by atoms with E-state index in [1.54, 1.807) is 0 Å². The Kier molecular flexibility index (Phi) is 4.29. The van der Waals surface area contributed by atoms with Gasteiger partial charge in [0.25, 0.3) is 0 Å². The maximum Gasteiger partial charge on any atom is 0.417 e. The first-order chi connectivity index (χ1) is 9.38. The third-order valence-corrected chi connectivity index (χ3v) is 3.59. The Bertz CT molecular complexity index is 609. The van der Waals surface area contributed by atoms with Crippen LogP contribution in [0.25, 0.3) is 0 Å². The second kappa shape index (κ2) is 5.80. The second-order valence-electron chi connectivity index (χ2n) is 3.94. The summed E-state index contributed by atoms with van der Waals surface area (Å²) in [5.74, 6) is 0.300. The van der Waals surface area contributed by atoms with Crippen molar-refractivity contribution in [2.45, 2.75) is 12.8 Å². The van der Waals surface area contributed by atoms with E-state index in [0.717, 1.165) is 10.9 Å². The zero-order valence-corrected chi connectivity index (χ0v) is 11.7. The molecular weight excluding hydrogens is 307 g/mol. The summed E-state index contributed by atoms with van der Waals surface area (Å²) in [6.07, 6.45) is -4.49. The van der Waals surface area contributed by atoms with Crippen molar-refractivity contribution in [2.24, 2.45) is 5.73 Å². The predicted molar refractivity (Wildman–Crippen MR) is 76.0 cm³/mol. The average molecular weight is 317 g/mol. The first kappa shape index (κ1) is 14.8. The second-order valence-corrected chi connectivity index (χ2v) is 5.41. The van der Waals surface area contributed by atoms with Gasteiger partial charge in [0.1, 0.15) is 17.3 Å². The fraction of sp³-hybridized carbons (Fsp3) is 0.154. The Morgan fingerprint density at radius 2 is 2.05 bits per heavy atom. The van der Waals surface area contributed by atoms with Crippen LogP contribution in [0, 0.1) is 0 Å². The lowest BCUT2D eigenvalue weighted by molar-refractivity contribution is -0.137. The van der Waals surface area contributed by atoms with Crippen molar-refractivity contribution in [3.8, 4) is 5.75 Å².